The summed E-state index contributed by atoms with van der Waals surface area (Å²) < 4.78 is 0. The molecule has 79 heavy (non-hydrogen) atoms. The molecule has 0 radical (unpaired) electrons. The molecule has 0 aromatic carbocycles. The number of hydrogen-bond acceptors (Lipinski definition) is 15. The Labute approximate surface area is 462 Å². The minimum atomic E-state index is -1.35. The summed E-state index contributed by atoms with van der Waals surface area (Å²) in [6, 6.07) is -10.6. The highest BCUT2D eigenvalue weighted by atomic mass is 16.4. The number of nitrogens with zero attached hydrogens (tertiary/aromatic N) is 2. The van der Waals surface area contributed by atoms with Crippen molar-refractivity contribution in [2.75, 3.05) is 26.2 Å². The molecule has 446 valence electrons. The number of carbonyl (C=O) groups excluding carboxylic acids is 9. The molecular weight excluding hydrogens is 1030 g/mol. The lowest BCUT2D eigenvalue weighted by Gasteiger charge is -2.30. The molecule has 2 heterocycles. The highest BCUT2D eigenvalue weighted by Gasteiger charge is 2.40. The first-order valence-electron chi connectivity index (χ1n) is 27.5. The van der Waals surface area contributed by atoms with E-state index in [1.165, 1.54) is 17.4 Å². The molecule has 0 aliphatic carbocycles. The quantitative estimate of drug-likeness (QED) is 0.0333. The number of hydrogen-bond donors (Lipinski definition) is 14. The van der Waals surface area contributed by atoms with Gasteiger partial charge in [-0.3, -0.25) is 47.9 Å². The van der Waals surface area contributed by atoms with Gasteiger partial charge < -0.3 is 79.8 Å². The molecule has 0 unspecified atom stereocenters. The van der Waals surface area contributed by atoms with Crippen LogP contribution in [0.3, 0.4) is 0 Å². The monoisotopic (exact) mass is 1120 g/mol. The second kappa shape index (κ2) is 35.0. The maximum atomic E-state index is 14.1. The van der Waals surface area contributed by atoms with E-state index in [9.17, 15) is 57.8 Å². The van der Waals surface area contributed by atoms with Gasteiger partial charge in [-0.2, -0.15) is 0 Å². The Morgan fingerprint density at radius 2 is 1.11 bits per heavy atom. The highest BCUT2D eigenvalue weighted by molar-refractivity contribution is 5.98. The van der Waals surface area contributed by atoms with Crippen molar-refractivity contribution in [1.29, 1.82) is 0 Å². The average molecular weight is 1120 g/mol. The van der Waals surface area contributed by atoms with Crippen molar-refractivity contribution in [1.82, 2.24) is 57.4 Å². The molecule has 9 amide bonds. The molecule has 9 atom stereocenters. The third-order valence-corrected chi connectivity index (χ3v) is 13.2. The Bertz CT molecular complexity index is 2180. The van der Waals surface area contributed by atoms with Gasteiger partial charge in [0, 0.05) is 31.3 Å². The van der Waals surface area contributed by atoms with E-state index in [0.717, 1.165) is 0 Å². The predicted molar refractivity (Wildman–Crippen MR) is 290 cm³/mol. The van der Waals surface area contributed by atoms with Gasteiger partial charge in [0.05, 0.1) is 18.9 Å². The van der Waals surface area contributed by atoms with Crippen LogP contribution < -0.4 is 59.7 Å². The lowest BCUT2D eigenvalue weighted by atomic mass is 9.99. The number of imidazole rings is 1. The molecule has 0 bridgehead atoms. The van der Waals surface area contributed by atoms with Crippen LogP contribution in [0, 0.1) is 23.7 Å². The molecule has 27 nitrogen and oxygen atoms in total. The van der Waals surface area contributed by atoms with Gasteiger partial charge in [-0.25, -0.2) is 9.78 Å². The van der Waals surface area contributed by atoms with Gasteiger partial charge in [-0.05, 0) is 107 Å². The zero-order chi connectivity index (χ0) is 59.5. The van der Waals surface area contributed by atoms with Crippen molar-refractivity contribution in [2.45, 2.75) is 193 Å². The number of carbonyl (C=O) groups is 11. The second-order valence-corrected chi connectivity index (χ2v) is 21.7. The van der Waals surface area contributed by atoms with Crippen molar-refractivity contribution in [2.24, 2.45) is 40.9 Å². The summed E-state index contributed by atoms with van der Waals surface area (Å²) >= 11 is 0. The van der Waals surface area contributed by atoms with Gasteiger partial charge in [0.25, 0.3) is 0 Å². The van der Waals surface area contributed by atoms with Gasteiger partial charge in [0.2, 0.25) is 53.2 Å². The molecule has 1 saturated heterocycles. The fraction of sp³-hybridized carbons (Fsp3) is 0.731. The lowest BCUT2D eigenvalue weighted by Crippen LogP contribution is -2.60. The maximum absolute atomic E-state index is 14.1. The fourth-order valence-electron chi connectivity index (χ4n) is 8.84. The van der Waals surface area contributed by atoms with Gasteiger partial charge in [0.1, 0.15) is 48.3 Å². The SMILES string of the molecule is CC(C)C[C@H](NC(=O)[C@H](CCCCN)NC(=O)[C@@H](NC(=O)CNC(=O)[C@H](CCCCN)NC(=O)[C@H](CC(C)C)NC(=O)[C@@H](NC(=O)[C@@H]1CCCN1C(=O)[C@@H](N)CCC(=O)O)C(C)C)C(C)C)C(=O)N[C@@H](Cc1cnc[nH]1)C(=O)O. The smallest absolute Gasteiger partial charge is 0.326 e. The maximum Gasteiger partial charge on any atom is 0.326 e. The number of likely N-dealkylation sites (tertiary alicyclic amines) is 1. The van der Waals surface area contributed by atoms with E-state index in [1.54, 1.807) is 27.7 Å². The number of rotatable bonds is 37. The largest absolute Gasteiger partial charge is 0.481 e. The predicted octanol–water partition coefficient (Wildman–Crippen LogP) is -1.61. The third-order valence-electron chi connectivity index (χ3n) is 13.2. The number of H-pyrrole nitrogens is 1. The Hall–Kier alpha value is -6.74. The first-order chi connectivity index (χ1) is 37.2. The number of carboxylic acid groups (broad SMARTS) is 2. The number of carboxylic acids is 2. The molecule has 1 aliphatic rings. The number of aliphatic carboxylic acids is 2. The van der Waals surface area contributed by atoms with Gasteiger partial charge in [-0.1, -0.05) is 55.4 Å². The van der Waals surface area contributed by atoms with Crippen molar-refractivity contribution >= 4 is 65.1 Å². The Balaban J connectivity index is 2.22. The van der Waals surface area contributed by atoms with E-state index in [0.29, 0.717) is 44.3 Å². The summed E-state index contributed by atoms with van der Waals surface area (Å²) in [6.07, 6.45) is 5.23. The Kier molecular flexibility index (Phi) is 30.3. The van der Waals surface area contributed by atoms with E-state index in [1.807, 2.05) is 27.7 Å². The van der Waals surface area contributed by atoms with Crippen LogP contribution in [0.15, 0.2) is 12.5 Å². The van der Waals surface area contributed by atoms with Crippen LogP contribution in [0.2, 0.25) is 0 Å². The molecule has 0 saturated carbocycles. The number of unbranched alkanes of at least 4 members (excludes halogenated alkanes) is 2. The van der Waals surface area contributed by atoms with Crippen LogP contribution in [-0.4, -0.2) is 171 Å². The van der Waals surface area contributed by atoms with Crippen molar-refractivity contribution in [3.63, 3.8) is 0 Å². The van der Waals surface area contributed by atoms with E-state index in [4.69, 9.17) is 22.3 Å². The minimum absolute atomic E-state index is 0.0929. The zero-order valence-electron chi connectivity index (χ0n) is 47.2. The van der Waals surface area contributed by atoms with Crippen LogP contribution in [0.4, 0.5) is 0 Å². The summed E-state index contributed by atoms with van der Waals surface area (Å²) in [5, 5.41) is 40.1. The third kappa shape index (κ3) is 24.4. The molecule has 2 rings (SSSR count). The molecule has 1 aromatic heterocycles. The molecule has 0 spiro atoms. The molecule has 1 fully saturated rings. The zero-order valence-corrected chi connectivity index (χ0v) is 47.2. The van der Waals surface area contributed by atoms with Gasteiger partial charge in [0.15, 0.2) is 0 Å². The number of nitrogens with one attached hydrogen (secondary N) is 9. The van der Waals surface area contributed by atoms with Crippen molar-refractivity contribution in [3.05, 3.63) is 18.2 Å². The molecule has 27 heteroatoms. The fourth-order valence-corrected chi connectivity index (χ4v) is 8.84. The van der Waals surface area contributed by atoms with Crippen LogP contribution >= 0.6 is 0 Å². The van der Waals surface area contributed by atoms with Crippen LogP contribution in [0.5, 0.6) is 0 Å². The Morgan fingerprint density at radius 3 is 1.59 bits per heavy atom. The molecule has 1 aliphatic heterocycles. The van der Waals surface area contributed by atoms with Gasteiger partial charge >= 0.3 is 11.9 Å². The number of nitrogens with two attached hydrogens (primary N) is 3. The van der Waals surface area contributed by atoms with Crippen LogP contribution in [0.25, 0.3) is 0 Å². The number of amides is 9. The highest BCUT2D eigenvalue weighted by Crippen LogP contribution is 2.21. The molecule has 17 N–H and O–H groups in total. The van der Waals surface area contributed by atoms with Crippen molar-refractivity contribution in [3.8, 4) is 0 Å². The van der Waals surface area contributed by atoms with Gasteiger partial charge in [-0.15, -0.1) is 0 Å². The summed E-state index contributed by atoms with van der Waals surface area (Å²) in [5.41, 5.74) is 17.9. The first-order valence-corrected chi connectivity index (χ1v) is 27.5. The minimum Gasteiger partial charge on any atom is -0.481 e. The standard InChI is InChI=1S/C52H90N14O13/c1-28(2)22-36(47(73)63-38(52(78)79)24-32-25-56-27-58-32)61-45(71)35(15-10-12-20-54)60-49(75)42(30(5)6)64-40(67)26-57-44(70)34(14-9-11-19-53)59-46(72)37(23-29(3)4)62-50(76)43(31(7)8)65-48(74)39-16-13-21-66(39)51(77)33(55)17-18-41(68)69/h25,27-31,33-39,42-43H,9-24,26,53-55H2,1-8H3,(H,56,58)(H,57,70)(H,59,72)(H,60,75)(H,61,71)(H,62,76)(H,63,73)(H,64,67)(H,65,74)(H,68,69)(H,78,79)/t33-,34-,35-,36-,37-,38-,39-,42-,43-/m0/s1. The summed E-state index contributed by atoms with van der Waals surface area (Å²) in [4.78, 5) is 155. The first kappa shape index (κ1) is 68.4. The molecule has 1 aromatic rings. The Morgan fingerprint density at radius 1 is 0.633 bits per heavy atom. The number of aromatic nitrogens is 2. The average Bonchev–Trinajstić information content (AvgIpc) is 4.09. The summed E-state index contributed by atoms with van der Waals surface area (Å²) in [6.45, 7) is 14.1. The van der Waals surface area contributed by atoms with Crippen LogP contribution in [0.1, 0.15) is 138 Å². The topological polar surface area (TPSA) is 434 Å². The van der Waals surface area contributed by atoms with Crippen LogP contribution in [-0.2, 0) is 59.2 Å². The lowest BCUT2D eigenvalue weighted by molar-refractivity contribution is -0.142. The summed E-state index contributed by atoms with van der Waals surface area (Å²) in [7, 11) is 0. The van der Waals surface area contributed by atoms with Crippen molar-refractivity contribution < 1.29 is 63.0 Å². The van der Waals surface area contributed by atoms with E-state index in [2.05, 4.69) is 52.5 Å². The van der Waals surface area contributed by atoms with E-state index in [-0.39, 0.29) is 76.3 Å². The normalized spacial score (nSPS) is 16.4. The second-order valence-electron chi connectivity index (χ2n) is 21.7. The van der Waals surface area contributed by atoms with E-state index >= 15 is 0 Å². The summed E-state index contributed by atoms with van der Waals surface area (Å²) in [5.74, 6) is -10.1. The number of aromatic amines is 1. The van der Waals surface area contributed by atoms with E-state index < -0.39 is 138 Å². The molecular formula is C52H90N14O13.